The van der Waals surface area contributed by atoms with Crippen LogP contribution in [0.4, 0.5) is 0 Å². The fraction of sp³-hybridized carbons (Fsp3) is 0.0625. The molecule has 3 heterocycles. The Morgan fingerprint density at radius 1 is 1.17 bits per heavy atom. The molecule has 0 amide bonds. The van der Waals surface area contributed by atoms with Crippen molar-refractivity contribution >= 4 is 17.4 Å². The number of hydrogen-bond donors (Lipinski definition) is 0. The molecular formula is C16H11N5O2. The van der Waals surface area contributed by atoms with Gasteiger partial charge in [-0.05, 0) is 30.3 Å². The van der Waals surface area contributed by atoms with Crippen LogP contribution in [0.25, 0.3) is 33.8 Å². The Kier molecular flexibility index (Phi) is 2.97. The van der Waals surface area contributed by atoms with Crippen LogP contribution in [-0.2, 0) is 7.05 Å². The quantitative estimate of drug-likeness (QED) is 0.540. The van der Waals surface area contributed by atoms with Crippen LogP contribution in [0.2, 0.25) is 0 Å². The lowest BCUT2D eigenvalue weighted by Crippen LogP contribution is -1.86. The molecule has 0 bridgehead atoms. The van der Waals surface area contributed by atoms with E-state index >= 15 is 0 Å². The third-order valence-electron chi connectivity index (χ3n) is 3.43. The molecule has 0 N–H and O–H groups in total. The lowest BCUT2D eigenvalue weighted by Gasteiger charge is -1.94. The molecule has 7 heteroatoms. The molecule has 4 aromatic rings. The first-order valence-corrected chi connectivity index (χ1v) is 6.92. The summed E-state index contributed by atoms with van der Waals surface area (Å²) in [7, 11) is 1.82. The number of benzene rings is 1. The van der Waals surface area contributed by atoms with Gasteiger partial charge in [0.15, 0.2) is 11.9 Å². The smallest absolute Gasteiger partial charge is 0.227 e. The zero-order chi connectivity index (χ0) is 15.8. The second-order valence-corrected chi connectivity index (χ2v) is 5.07. The van der Waals surface area contributed by atoms with E-state index in [1.165, 1.54) is 0 Å². The third-order valence-corrected chi connectivity index (χ3v) is 3.43. The zero-order valence-electron chi connectivity index (χ0n) is 12.2. The molecule has 1 aromatic carbocycles. The Morgan fingerprint density at radius 2 is 2.09 bits per heavy atom. The molecule has 0 spiro atoms. The first kappa shape index (κ1) is 13.3. The first-order valence-electron chi connectivity index (χ1n) is 6.92. The molecule has 0 aliphatic heterocycles. The van der Waals surface area contributed by atoms with Crippen LogP contribution >= 0.6 is 0 Å². The number of oxazole rings is 1. The van der Waals surface area contributed by atoms with Gasteiger partial charge in [0.05, 0.1) is 6.20 Å². The van der Waals surface area contributed by atoms with Gasteiger partial charge in [0.1, 0.15) is 16.9 Å². The largest absolute Gasteiger partial charge is 0.436 e. The summed E-state index contributed by atoms with van der Waals surface area (Å²) in [5.41, 5.74) is 4.11. The van der Waals surface area contributed by atoms with E-state index in [2.05, 4.69) is 20.3 Å². The lowest BCUT2D eigenvalue weighted by atomic mass is 10.1. The number of carbonyl (C=O) groups excluding carboxylic acids is 1. The predicted molar refractivity (Wildman–Crippen MR) is 82.6 cm³/mol. The van der Waals surface area contributed by atoms with Crippen LogP contribution in [0, 0.1) is 0 Å². The molecule has 0 atom stereocenters. The number of fused-ring (bicyclic) bond motifs is 1. The number of rotatable bonds is 3. The second-order valence-electron chi connectivity index (χ2n) is 5.07. The Labute approximate surface area is 130 Å². The standard InChI is InChI=1S/C16H11N5O2/c1-21-8-14(19-20-21)10-2-3-15-13(7-10)18-16(23-15)11-4-5-17-12(6-11)9-22/h2-9H,1H3. The van der Waals surface area contributed by atoms with Crippen LogP contribution in [-0.4, -0.2) is 31.2 Å². The molecule has 0 saturated carbocycles. The van der Waals surface area contributed by atoms with Crippen molar-refractivity contribution in [2.24, 2.45) is 7.05 Å². The maximum Gasteiger partial charge on any atom is 0.227 e. The molecule has 3 aromatic heterocycles. The second kappa shape index (κ2) is 5.13. The molecule has 7 nitrogen and oxygen atoms in total. The molecule has 0 radical (unpaired) electrons. The average Bonchev–Trinajstić information content (AvgIpc) is 3.20. The minimum absolute atomic E-state index is 0.338. The lowest BCUT2D eigenvalue weighted by molar-refractivity contribution is 0.111. The van der Waals surface area contributed by atoms with Gasteiger partial charge in [0.25, 0.3) is 0 Å². The van der Waals surface area contributed by atoms with Crippen molar-refractivity contribution in [3.8, 4) is 22.7 Å². The van der Waals surface area contributed by atoms with Gasteiger partial charge < -0.3 is 4.42 Å². The summed E-state index contributed by atoms with van der Waals surface area (Å²) in [5, 5.41) is 8.02. The number of pyridine rings is 1. The molecule has 0 fully saturated rings. The van der Waals surface area contributed by atoms with E-state index in [1.807, 2.05) is 31.4 Å². The molecule has 0 saturated heterocycles. The van der Waals surface area contributed by atoms with Crippen molar-refractivity contribution in [3.63, 3.8) is 0 Å². The van der Waals surface area contributed by atoms with Crippen LogP contribution in [0.3, 0.4) is 0 Å². The highest BCUT2D eigenvalue weighted by Crippen LogP contribution is 2.27. The van der Waals surface area contributed by atoms with E-state index < -0.39 is 0 Å². The molecule has 0 unspecified atom stereocenters. The van der Waals surface area contributed by atoms with E-state index in [0.717, 1.165) is 11.3 Å². The summed E-state index contributed by atoms with van der Waals surface area (Å²) >= 11 is 0. The van der Waals surface area contributed by atoms with Crippen LogP contribution in [0.1, 0.15) is 10.5 Å². The monoisotopic (exact) mass is 305 g/mol. The van der Waals surface area contributed by atoms with Crippen molar-refractivity contribution in [2.75, 3.05) is 0 Å². The minimum Gasteiger partial charge on any atom is -0.436 e. The Bertz CT molecular complexity index is 1020. The topological polar surface area (TPSA) is 86.7 Å². The Hall–Kier alpha value is -3.35. The SMILES string of the molecule is Cn1cc(-c2ccc3oc(-c4ccnc(C=O)c4)nc3c2)nn1. The minimum atomic E-state index is 0.338. The molecular weight excluding hydrogens is 294 g/mol. The van der Waals surface area contributed by atoms with E-state index in [4.69, 9.17) is 4.42 Å². The van der Waals surface area contributed by atoms with E-state index in [-0.39, 0.29) is 0 Å². The van der Waals surface area contributed by atoms with Crippen molar-refractivity contribution in [1.29, 1.82) is 0 Å². The van der Waals surface area contributed by atoms with Gasteiger partial charge in [-0.25, -0.2) is 4.98 Å². The summed E-state index contributed by atoms with van der Waals surface area (Å²) in [5.74, 6) is 0.446. The molecule has 4 rings (SSSR count). The third kappa shape index (κ3) is 2.38. The van der Waals surface area contributed by atoms with Gasteiger partial charge >= 0.3 is 0 Å². The van der Waals surface area contributed by atoms with Gasteiger partial charge in [-0.3, -0.25) is 14.5 Å². The van der Waals surface area contributed by atoms with Gasteiger partial charge in [-0.1, -0.05) is 5.21 Å². The maximum atomic E-state index is 10.8. The maximum absolute atomic E-state index is 10.8. The van der Waals surface area contributed by atoms with Crippen molar-refractivity contribution < 1.29 is 9.21 Å². The van der Waals surface area contributed by atoms with E-state index in [0.29, 0.717) is 34.5 Å². The van der Waals surface area contributed by atoms with Gasteiger partial charge in [-0.2, -0.15) is 0 Å². The zero-order valence-corrected chi connectivity index (χ0v) is 12.2. The van der Waals surface area contributed by atoms with Crippen molar-refractivity contribution in [2.45, 2.75) is 0 Å². The first-order chi connectivity index (χ1) is 11.2. The van der Waals surface area contributed by atoms with Gasteiger partial charge in [0, 0.05) is 24.4 Å². The number of nitrogens with zero attached hydrogens (tertiary/aromatic N) is 5. The van der Waals surface area contributed by atoms with Gasteiger partial charge in [0.2, 0.25) is 5.89 Å². The van der Waals surface area contributed by atoms with Gasteiger partial charge in [-0.15, -0.1) is 5.10 Å². The number of aromatic nitrogens is 5. The summed E-state index contributed by atoms with van der Waals surface area (Å²) < 4.78 is 7.40. The van der Waals surface area contributed by atoms with Crippen molar-refractivity contribution in [1.82, 2.24) is 25.0 Å². The highest BCUT2D eigenvalue weighted by molar-refractivity contribution is 5.82. The number of aryl methyl sites for hydroxylation is 1. The summed E-state index contributed by atoms with van der Waals surface area (Å²) in [6, 6.07) is 9.04. The fourth-order valence-electron chi connectivity index (χ4n) is 2.34. The summed E-state index contributed by atoms with van der Waals surface area (Å²) in [6.45, 7) is 0. The summed E-state index contributed by atoms with van der Waals surface area (Å²) in [4.78, 5) is 19.3. The summed E-state index contributed by atoms with van der Waals surface area (Å²) in [6.07, 6.45) is 4.08. The van der Waals surface area contributed by atoms with Crippen molar-refractivity contribution in [3.05, 3.63) is 48.4 Å². The highest BCUT2D eigenvalue weighted by Gasteiger charge is 2.11. The Morgan fingerprint density at radius 3 is 2.87 bits per heavy atom. The molecule has 23 heavy (non-hydrogen) atoms. The number of carbonyl (C=O) groups is 1. The van der Waals surface area contributed by atoms with Crippen LogP contribution in [0.5, 0.6) is 0 Å². The number of hydrogen-bond acceptors (Lipinski definition) is 6. The molecule has 0 aliphatic carbocycles. The fourth-order valence-corrected chi connectivity index (χ4v) is 2.34. The van der Waals surface area contributed by atoms with E-state index in [9.17, 15) is 4.79 Å². The molecule has 112 valence electrons. The average molecular weight is 305 g/mol. The van der Waals surface area contributed by atoms with Crippen LogP contribution in [0.15, 0.2) is 47.1 Å². The predicted octanol–water partition coefficient (Wildman–Crippen LogP) is 2.50. The van der Waals surface area contributed by atoms with Crippen LogP contribution < -0.4 is 0 Å². The van der Waals surface area contributed by atoms with E-state index in [1.54, 1.807) is 23.0 Å². The normalized spacial score (nSPS) is 11.0. The molecule has 0 aliphatic rings. The highest BCUT2D eigenvalue weighted by atomic mass is 16.3. The Balaban J connectivity index is 1.80. The number of aldehydes is 1.